The van der Waals surface area contributed by atoms with Crippen LogP contribution < -0.4 is 15.5 Å². The van der Waals surface area contributed by atoms with Gasteiger partial charge in [0.25, 0.3) is 5.91 Å². The molecule has 3 rings (SSSR count). The summed E-state index contributed by atoms with van der Waals surface area (Å²) in [5, 5.41) is 5.73. The van der Waals surface area contributed by atoms with Gasteiger partial charge in [0.05, 0.1) is 0 Å². The normalized spacial score (nSPS) is 13.0. The standard InChI is InChI=1S/C19H18ClN3O3/c1-23(19(26)12-2-4-13(20)5-3-12)16-10-8-15(9-11-16)22-18(25)17(24)21-14-6-7-14/h2-5,8-11,14H,6-7H2,1H3,(H,21,24)(H,22,25). The van der Waals surface area contributed by atoms with Gasteiger partial charge in [0.2, 0.25) is 0 Å². The molecule has 1 saturated carbocycles. The van der Waals surface area contributed by atoms with Crippen molar-refractivity contribution in [1.29, 1.82) is 0 Å². The van der Waals surface area contributed by atoms with Crippen molar-refractivity contribution < 1.29 is 14.4 Å². The molecule has 2 aromatic carbocycles. The van der Waals surface area contributed by atoms with E-state index in [1.54, 1.807) is 55.6 Å². The third kappa shape index (κ3) is 4.40. The number of amides is 3. The molecule has 0 spiro atoms. The van der Waals surface area contributed by atoms with Crippen LogP contribution >= 0.6 is 11.6 Å². The Bertz CT molecular complexity index is 830. The molecule has 0 aliphatic heterocycles. The van der Waals surface area contributed by atoms with Crippen LogP contribution in [0.3, 0.4) is 0 Å². The zero-order valence-electron chi connectivity index (χ0n) is 14.2. The van der Waals surface area contributed by atoms with Gasteiger partial charge in [-0.25, -0.2) is 0 Å². The highest BCUT2D eigenvalue weighted by Gasteiger charge is 2.26. The van der Waals surface area contributed by atoms with E-state index in [0.29, 0.717) is 22.0 Å². The molecule has 3 amide bonds. The van der Waals surface area contributed by atoms with Gasteiger partial charge in [-0.3, -0.25) is 14.4 Å². The highest BCUT2D eigenvalue weighted by molar-refractivity contribution is 6.39. The number of nitrogens with one attached hydrogen (secondary N) is 2. The van der Waals surface area contributed by atoms with Crippen LogP contribution in [-0.4, -0.2) is 30.8 Å². The van der Waals surface area contributed by atoms with Crippen molar-refractivity contribution in [2.45, 2.75) is 18.9 Å². The molecule has 1 aliphatic carbocycles. The number of carbonyl (C=O) groups excluding carboxylic acids is 3. The molecule has 134 valence electrons. The SMILES string of the molecule is CN(C(=O)c1ccc(Cl)cc1)c1ccc(NC(=O)C(=O)NC2CC2)cc1. The van der Waals surface area contributed by atoms with Gasteiger partial charge in [0.15, 0.2) is 0 Å². The van der Waals surface area contributed by atoms with Crippen LogP contribution in [0.15, 0.2) is 48.5 Å². The minimum Gasteiger partial charge on any atom is -0.345 e. The second-order valence-corrected chi connectivity index (χ2v) is 6.56. The van der Waals surface area contributed by atoms with E-state index >= 15 is 0 Å². The zero-order chi connectivity index (χ0) is 18.7. The average Bonchev–Trinajstić information content (AvgIpc) is 3.45. The van der Waals surface area contributed by atoms with Crippen LogP contribution in [-0.2, 0) is 9.59 Å². The molecule has 7 heteroatoms. The van der Waals surface area contributed by atoms with E-state index in [1.807, 2.05) is 0 Å². The number of benzene rings is 2. The van der Waals surface area contributed by atoms with E-state index in [2.05, 4.69) is 10.6 Å². The largest absolute Gasteiger partial charge is 0.345 e. The molecule has 2 N–H and O–H groups in total. The number of carbonyl (C=O) groups is 3. The average molecular weight is 372 g/mol. The van der Waals surface area contributed by atoms with Crippen molar-refractivity contribution in [2.75, 3.05) is 17.3 Å². The van der Waals surface area contributed by atoms with Crippen LogP contribution in [0.1, 0.15) is 23.2 Å². The summed E-state index contributed by atoms with van der Waals surface area (Å²) >= 11 is 5.84. The van der Waals surface area contributed by atoms with Crippen molar-refractivity contribution in [3.8, 4) is 0 Å². The Morgan fingerprint density at radius 1 is 0.962 bits per heavy atom. The molecule has 0 atom stereocenters. The lowest BCUT2D eigenvalue weighted by atomic mass is 10.2. The molecule has 1 aliphatic rings. The van der Waals surface area contributed by atoms with Crippen LogP contribution in [0.5, 0.6) is 0 Å². The molecule has 0 heterocycles. The molecule has 1 fully saturated rings. The maximum Gasteiger partial charge on any atom is 0.313 e. The van der Waals surface area contributed by atoms with E-state index < -0.39 is 11.8 Å². The summed E-state index contributed by atoms with van der Waals surface area (Å²) in [5.74, 6) is -1.51. The molecular weight excluding hydrogens is 354 g/mol. The third-order valence-corrected chi connectivity index (χ3v) is 4.28. The molecule has 0 aromatic heterocycles. The monoisotopic (exact) mass is 371 g/mol. The van der Waals surface area contributed by atoms with Crippen LogP contribution in [0.25, 0.3) is 0 Å². The van der Waals surface area contributed by atoms with E-state index in [1.165, 1.54) is 4.90 Å². The van der Waals surface area contributed by atoms with Gasteiger partial charge in [-0.2, -0.15) is 0 Å². The summed E-state index contributed by atoms with van der Waals surface area (Å²) in [4.78, 5) is 37.4. The van der Waals surface area contributed by atoms with E-state index in [-0.39, 0.29) is 11.9 Å². The minimum absolute atomic E-state index is 0.128. The fraction of sp³-hybridized carbons (Fsp3) is 0.211. The molecule has 0 radical (unpaired) electrons. The minimum atomic E-state index is -0.699. The number of hydrogen-bond acceptors (Lipinski definition) is 3. The lowest BCUT2D eigenvalue weighted by molar-refractivity contribution is -0.136. The Labute approximate surface area is 156 Å². The van der Waals surface area contributed by atoms with Gasteiger partial charge < -0.3 is 15.5 Å². The lowest BCUT2D eigenvalue weighted by Gasteiger charge is -2.18. The first kappa shape index (κ1) is 17.9. The smallest absolute Gasteiger partial charge is 0.313 e. The molecule has 2 aromatic rings. The molecule has 0 bridgehead atoms. The lowest BCUT2D eigenvalue weighted by Crippen LogP contribution is -2.36. The van der Waals surface area contributed by atoms with Gasteiger partial charge in [0, 0.05) is 35.1 Å². The Hall–Kier alpha value is -2.86. The quantitative estimate of drug-likeness (QED) is 0.811. The second-order valence-electron chi connectivity index (χ2n) is 6.12. The molecule has 0 saturated heterocycles. The Kier molecular flexibility index (Phi) is 5.23. The van der Waals surface area contributed by atoms with Crippen molar-refractivity contribution in [1.82, 2.24) is 5.32 Å². The Morgan fingerprint density at radius 3 is 2.15 bits per heavy atom. The second kappa shape index (κ2) is 7.58. The first-order valence-corrected chi connectivity index (χ1v) is 8.57. The topological polar surface area (TPSA) is 78.5 Å². The van der Waals surface area contributed by atoms with Crippen molar-refractivity contribution >= 4 is 40.7 Å². The zero-order valence-corrected chi connectivity index (χ0v) is 14.9. The molecule has 0 unspecified atom stereocenters. The predicted molar refractivity (Wildman–Crippen MR) is 100 cm³/mol. The van der Waals surface area contributed by atoms with Gasteiger partial charge >= 0.3 is 11.8 Å². The Morgan fingerprint density at radius 2 is 1.58 bits per heavy atom. The predicted octanol–water partition coefficient (Wildman–Crippen LogP) is 2.83. The first-order chi connectivity index (χ1) is 12.4. The number of rotatable bonds is 4. The van der Waals surface area contributed by atoms with Gasteiger partial charge in [-0.05, 0) is 61.4 Å². The summed E-state index contributed by atoms with van der Waals surface area (Å²) in [7, 11) is 1.66. The summed E-state index contributed by atoms with van der Waals surface area (Å²) in [6, 6.07) is 13.4. The molecular formula is C19H18ClN3O3. The summed E-state index contributed by atoms with van der Waals surface area (Å²) in [6.45, 7) is 0. The van der Waals surface area contributed by atoms with Crippen LogP contribution in [0, 0.1) is 0 Å². The molecule has 26 heavy (non-hydrogen) atoms. The summed E-state index contributed by atoms with van der Waals surface area (Å²) in [6.07, 6.45) is 1.84. The number of nitrogens with zero attached hydrogens (tertiary/aromatic N) is 1. The Balaban J connectivity index is 1.62. The fourth-order valence-corrected chi connectivity index (χ4v) is 2.46. The summed E-state index contributed by atoms with van der Waals surface area (Å²) < 4.78 is 0. The van der Waals surface area contributed by atoms with Crippen LogP contribution in [0.4, 0.5) is 11.4 Å². The van der Waals surface area contributed by atoms with Gasteiger partial charge in [-0.15, -0.1) is 0 Å². The van der Waals surface area contributed by atoms with Crippen molar-refractivity contribution in [2.24, 2.45) is 0 Å². The van der Waals surface area contributed by atoms with E-state index in [9.17, 15) is 14.4 Å². The van der Waals surface area contributed by atoms with Crippen molar-refractivity contribution in [3.63, 3.8) is 0 Å². The maximum atomic E-state index is 12.5. The summed E-state index contributed by atoms with van der Waals surface area (Å²) in [5.41, 5.74) is 1.66. The van der Waals surface area contributed by atoms with Crippen molar-refractivity contribution in [3.05, 3.63) is 59.1 Å². The first-order valence-electron chi connectivity index (χ1n) is 8.19. The van der Waals surface area contributed by atoms with E-state index in [4.69, 9.17) is 11.6 Å². The van der Waals surface area contributed by atoms with Gasteiger partial charge in [-0.1, -0.05) is 11.6 Å². The number of halogens is 1. The van der Waals surface area contributed by atoms with Gasteiger partial charge in [0.1, 0.15) is 0 Å². The van der Waals surface area contributed by atoms with Crippen LogP contribution in [0.2, 0.25) is 5.02 Å². The van der Waals surface area contributed by atoms with E-state index in [0.717, 1.165) is 12.8 Å². The maximum absolute atomic E-state index is 12.5. The highest BCUT2D eigenvalue weighted by Crippen LogP contribution is 2.20. The number of anilines is 2. The molecule has 6 nitrogen and oxygen atoms in total. The number of hydrogen-bond donors (Lipinski definition) is 2. The third-order valence-electron chi connectivity index (χ3n) is 4.03. The fourth-order valence-electron chi connectivity index (χ4n) is 2.34. The highest BCUT2D eigenvalue weighted by atomic mass is 35.5.